The minimum atomic E-state index is 0. The zero-order valence-corrected chi connectivity index (χ0v) is 42.3. The van der Waals surface area contributed by atoms with Crippen LogP contribution in [-0.4, -0.2) is 100 Å². The second-order valence-corrected chi connectivity index (χ2v) is 16.7. The molecule has 0 amide bonds. The van der Waals surface area contributed by atoms with Crippen LogP contribution >= 0.6 is 71.5 Å². The van der Waals surface area contributed by atoms with Crippen LogP contribution in [0.2, 0.25) is 0 Å². The zero-order chi connectivity index (χ0) is 34.4. The molecule has 6 nitrogen and oxygen atoms in total. The molecule has 0 N–H and O–H groups in total. The van der Waals surface area contributed by atoms with E-state index in [1.807, 2.05) is 0 Å². The summed E-state index contributed by atoms with van der Waals surface area (Å²) in [7, 11) is 13.8. The Bertz CT molecular complexity index is 1640. The van der Waals surface area contributed by atoms with Gasteiger partial charge in [-0.05, 0) is 48.6 Å². The Balaban J connectivity index is 0.00000243. The number of rotatable bonds is 12. The first-order valence-corrected chi connectivity index (χ1v) is 19.1. The molecule has 0 aliphatic carbocycles. The Morgan fingerprint density at radius 2 is 0.868 bits per heavy atom. The van der Waals surface area contributed by atoms with Crippen LogP contribution in [0.1, 0.15) is 19.3 Å². The number of allylic oxidation sites excluding steroid dienone is 6. The molecule has 12 heteroatoms. The number of halogens is 4. The van der Waals surface area contributed by atoms with E-state index in [0.717, 1.165) is 43.3 Å². The summed E-state index contributed by atoms with van der Waals surface area (Å²) in [4.78, 5) is 11.7. The van der Waals surface area contributed by atoms with Gasteiger partial charge >= 0.3 is 0 Å². The average molecular weight is 1200 g/mol. The molecule has 0 unspecified atom stereocenters. The van der Waals surface area contributed by atoms with Crippen molar-refractivity contribution in [2.24, 2.45) is 0 Å². The van der Waals surface area contributed by atoms with E-state index in [9.17, 15) is 0 Å². The fourth-order valence-electron chi connectivity index (χ4n) is 6.56. The van der Waals surface area contributed by atoms with Crippen molar-refractivity contribution >= 4 is 82.9 Å². The van der Waals surface area contributed by atoms with Crippen LogP contribution in [0.5, 0.6) is 0 Å². The van der Waals surface area contributed by atoms with Crippen molar-refractivity contribution in [3.63, 3.8) is 0 Å². The minimum absolute atomic E-state index is 0. The third-order valence-corrected chi connectivity index (χ3v) is 11.9. The van der Waals surface area contributed by atoms with Crippen molar-refractivity contribution in [1.29, 1.82) is 0 Å². The topological polar surface area (TPSA) is 13.0 Å². The van der Waals surface area contributed by atoms with Gasteiger partial charge in [0.25, 0.3) is 0 Å². The molecular weight excluding hydrogens is 1150 g/mol. The SMILES string of the molecule is CN1C(=C=C2C=CN(CCC[N+](C)(C)CCC[N+](C)(C)CCCN3C=CC(=C=C4Sc5ccccc5N4C)C=C3)C=C2)Sc2ccccc21.I.I.[I-].[I-]. The van der Waals surface area contributed by atoms with Crippen molar-refractivity contribution in [1.82, 2.24) is 9.80 Å². The Labute approximate surface area is 395 Å². The number of anilines is 2. The highest BCUT2D eigenvalue weighted by Crippen LogP contribution is 2.45. The van der Waals surface area contributed by atoms with Crippen molar-refractivity contribution in [2.75, 3.05) is 91.4 Å². The number of hydrogen-bond acceptors (Lipinski definition) is 6. The molecule has 0 spiro atoms. The molecule has 0 bridgehead atoms. The van der Waals surface area contributed by atoms with Gasteiger partial charge in [0.15, 0.2) is 0 Å². The monoisotopic (exact) mass is 1200 g/mol. The van der Waals surface area contributed by atoms with E-state index in [1.54, 1.807) is 23.5 Å². The molecule has 0 fully saturated rings. The molecular formula is C41H54I4N6S2. The van der Waals surface area contributed by atoms with E-state index in [0.29, 0.717) is 0 Å². The first-order chi connectivity index (χ1) is 23.6. The van der Waals surface area contributed by atoms with Crippen LogP contribution in [0.4, 0.5) is 11.4 Å². The van der Waals surface area contributed by atoms with Crippen molar-refractivity contribution in [3.8, 4) is 0 Å². The zero-order valence-electron chi connectivity index (χ0n) is 31.7. The molecule has 4 aliphatic heterocycles. The van der Waals surface area contributed by atoms with Crippen LogP contribution < -0.4 is 57.8 Å². The van der Waals surface area contributed by atoms with Gasteiger partial charge in [0.1, 0.15) is 10.1 Å². The molecule has 2 aromatic carbocycles. The summed E-state index contributed by atoms with van der Waals surface area (Å²) in [5.74, 6) is 0. The lowest BCUT2D eigenvalue weighted by molar-refractivity contribution is -0.909. The highest BCUT2D eigenvalue weighted by atomic mass is 127. The van der Waals surface area contributed by atoms with Crippen LogP contribution in [0.15, 0.2) is 140 Å². The van der Waals surface area contributed by atoms with Gasteiger partial charge in [0, 0.05) is 92.2 Å². The highest BCUT2D eigenvalue weighted by molar-refractivity contribution is 14.0. The largest absolute Gasteiger partial charge is 1.00 e. The molecule has 53 heavy (non-hydrogen) atoms. The smallest absolute Gasteiger partial charge is 0.124 e. The Morgan fingerprint density at radius 3 is 1.23 bits per heavy atom. The van der Waals surface area contributed by atoms with Crippen LogP contribution in [-0.2, 0) is 0 Å². The molecule has 0 aromatic heterocycles. The summed E-state index contributed by atoms with van der Waals surface area (Å²) in [6, 6.07) is 17.1. The molecule has 0 radical (unpaired) electrons. The molecule has 0 saturated carbocycles. The first kappa shape index (κ1) is 48.3. The lowest BCUT2D eigenvalue weighted by Crippen LogP contribution is -3.00. The molecule has 6 rings (SSSR count). The van der Waals surface area contributed by atoms with Gasteiger partial charge in [-0.2, -0.15) is 0 Å². The fraction of sp³-hybridized carbons (Fsp3) is 0.366. The van der Waals surface area contributed by atoms with E-state index < -0.39 is 0 Å². The average Bonchev–Trinajstić information content (AvgIpc) is 3.57. The van der Waals surface area contributed by atoms with Gasteiger partial charge in [-0.3, -0.25) is 0 Å². The van der Waals surface area contributed by atoms with E-state index >= 15 is 0 Å². The maximum Gasteiger partial charge on any atom is 0.124 e. The number of benzene rings is 2. The number of para-hydroxylation sites is 2. The summed E-state index contributed by atoms with van der Waals surface area (Å²) in [6.45, 7) is 6.86. The number of thioether (sulfide) groups is 2. The van der Waals surface area contributed by atoms with Gasteiger partial charge in [0.2, 0.25) is 0 Å². The number of fused-ring (bicyclic) bond motifs is 2. The van der Waals surface area contributed by atoms with Crippen LogP contribution in [0.25, 0.3) is 0 Å². The van der Waals surface area contributed by atoms with E-state index in [1.165, 1.54) is 66.6 Å². The summed E-state index contributed by atoms with van der Waals surface area (Å²) in [6.07, 6.45) is 21.1. The number of quaternary nitrogens is 2. The lowest BCUT2D eigenvalue weighted by atomic mass is 10.2. The van der Waals surface area contributed by atoms with E-state index in [2.05, 4.69) is 171 Å². The highest BCUT2D eigenvalue weighted by Gasteiger charge is 2.23. The standard InChI is InChI=1S/C41H52N6S2.4HI/c1-42-36-14-7-9-16-38(36)48-40(42)32-34-18-24-44(25-19-34)22-11-28-46(3,4)30-13-31-47(5,6)29-12-23-45-26-20-35(21-27-45)33-41-43(2)37-15-8-10-17-39(37)49-41;;;;/h7-10,14-21,24-27H,11-13,22-23,28-31H2,1-6H3;4*1H/q+2;;;;/p-2. The van der Waals surface area contributed by atoms with E-state index in [-0.39, 0.29) is 95.9 Å². The van der Waals surface area contributed by atoms with Crippen molar-refractivity contribution in [2.45, 2.75) is 29.1 Å². The van der Waals surface area contributed by atoms with Gasteiger partial charge < -0.3 is 76.5 Å². The van der Waals surface area contributed by atoms with Gasteiger partial charge in [-0.25, -0.2) is 0 Å². The number of nitrogens with zero attached hydrogens (tertiary/aromatic N) is 6. The first-order valence-electron chi connectivity index (χ1n) is 17.5. The molecule has 2 aromatic rings. The summed E-state index contributed by atoms with van der Waals surface area (Å²) in [5, 5.41) is 2.30. The second kappa shape index (κ2) is 22.2. The van der Waals surface area contributed by atoms with Crippen LogP contribution in [0, 0.1) is 0 Å². The van der Waals surface area contributed by atoms with Gasteiger partial charge in [-0.1, -0.05) is 59.3 Å². The number of hydrogen-bond donors (Lipinski definition) is 0. The lowest BCUT2D eigenvalue weighted by Gasteiger charge is -2.34. The Morgan fingerprint density at radius 1 is 0.528 bits per heavy atom. The van der Waals surface area contributed by atoms with Crippen molar-refractivity contribution in [3.05, 3.63) is 130 Å². The fourth-order valence-corrected chi connectivity index (χ4v) is 8.70. The van der Waals surface area contributed by atoms with Gasteiger partial charge in [0.05, 0.1) is 65.7 Å². The molecule has 288 valence electrons. The Kier molecular flexibility index (Phi) is 20.2. The molecule has 0 atom stereocenters. The predicted molar refractivity (Wildman–Crippen MR) is 241 cm³/mol. The van der Waals surface area contributed by atoms with Crippen molar-refractivity contribution < 1.29 is 56.9 Å². The third-order valence-electron chi connectivity index (χ3n) is 9.65. The summed E-state index contributed by atoms with van der Waals surface area (Å²) >= 11 is 3.58. The quantitative estimate of drug-likeness (QED) is 0.183. The summed E-state index contributed by atoms with van der Waals surface area (Å²) in [5.41, 5.74) is 12.0. The molecule has 4 heterocycles. The molecule has 4 aliphatic rings. The maximum absolute atomic E-state index is 3.60. The third kappa shape index (κ3) is 13.7. The molecule has 0 saturated heterocycles. The predicted octanol–water partition coefficient (Wildman–Crippen LogP) is 3.46. The van der Waals surface area contributed by atoms with Gasteiger partial charge in [-0.15, -0.1) is 48.0 Å². The Hall–Kier alpha value is -0.820. The normalized spacial score (nSPS) is 15.7. The summed E-state index contributed by atoms with van der Waals surface area (Å²) < 4.78 is 2.14. The van der Waals surface area contributed by atoms with Crippen LogP contribution in [0.3, 0.4) is 0 Å². The van der Waals surface area contributed by atoms with E-state index in [4.69, 9.17) is 0 Å². The maximum atomic E-state index is 3.60. The second-order valence-electron chi connectivity index (χ2n) is 14.6. The minimum Gasteiger partial charge on any atom is -1.00 e.